The predicted octanol–water partition coefficient (Wildman–Crippen LogP) is 13.1. The maximum absolute atomic E-state index is 9.24. The third-order valence-electron chi connectivity index (χ3n) is 13.8. The van der Waals surface area contributed by atoms with Gasteiger partial charge in [-0.05, 0) is 0 Å². The maximum atomic E-state index is 9.24. The van der Waals surface area contributed by atoms with E-state index in [1.165, 1.54) is 103 Å². The van der Waals surface area contributed by atoms with Gasteiger partial charge in [0, 0.05) is 0 Å². The Bertz CT molecular complexity index is 2550. The first kappa shape index (κ1) is 39.9. The summed E-state index contributed by atoms with van der Waals surface area (Å²) in [7, 11) is 17.6. The quantitative estimate of drug-likeness (QED) is 0.114. The van der Waals surface area contributed by atoms with Crippen molar-refractivity contribution in [2.75, 3.05) is 0 Å². The van der Waals surface area contributed by atoms with Crippen LogP contribution in [-0.2, 0) is 42.1 Å². The van der Waals surface area contributed by atoms with E-state index in [-0.39, 0.29) is 7.25 Å². The van der Waals surface area contributed by atoms with Crippen molar-refractivity contribution in [3.8, 4) is 33.4 Å². The average Bonchev–Trinajstić information content (AvgIpc) is 3.91. The molecule has 0 N–H and O–H groups in total. The second kappa shape index (κ2) is 15.5. The molecular formula is C54H55Cl2SiZr. The number of benzene rings is 6. The number of hydrogen-bond acceptors (Lipinski definition) is 0. The molecule has 0 aromatic heterocycles. The molecule has 3 aliphatic rings. The molecule has 0 saturated heterocycles. The molecule has 58 heavy (non-hydrogen) atoms. The van der Waals surface area contributed by atoms with Gasteiger partial charge in [-0.2, -0.15) is 0 Å². The van der Waals surface area contributed by atoms with Gasteiger partial charge in [0.2, 0.25) is 0 Å². The molecule has 1 heterocycles. The molecule has 6 aromatic carbocycles. The molecule has 0 radical (unpaired) electrons. The molecule has 1 aliphatic heterocycles. The number of hydrogen-bond donors (Lipinski definition) is 0. The van der Waals surface area contributed by atoms with Gasteiger partial charge in [-0.25, -0.2) is 0 Å². The van der Waals surface area contributed by atoms with Gasteiger partial charge in [0.1, 0.15) is 0 Å². The first-order chi connectivity index (χ1) is 28.1. The van der Waals surface area contributed by atoms with Crippen molar-refractivity contribution in [2.24, 2.45) is 0 Å². The third-order valence-corrected chi connectivity index (χ3v) is 37.0. The Balaban J connectivity index is 1.36. The first-order valence-corrected chi connectivity index (χ1v) is 33.6. The summed E-state index contributed by atoms with van der Waals surface area (Å²) in [6.07, 6.45) is 11.2. The molecule has 0 amide bonds. The second-order valence-corrected chi connectivity index (χ2v) is 39.6. The van der Waals surface area contributed by atoms with Crippen LogP contribution in [0.5, 0.6) is 0 Å². The van der Waals surface area contributed by atoms with E-state index in [2.05, 4.69) is 169 Å². The fourth-order valence-corrected chi connectivity index (χ4v) is 40.3. The summed E-state index contributed by atoms with van der Waals surface area (Å²) in [6.45, 7) is 13.8. The second-order valence-electron chi connectivity index (χ2n) is 17.2. The van der Waals surface area contributed by atoms with E-state index < -0.39 is 25.9 Å². The van der Waals surface area contributed by atoms with E-state index in [9.17, 15) is 17.0 Å². The van der Waals surface area contributed by atoms with Crippen LogP contribution in [0, 0.1) is 0 Å². The third kappa shape index (κ3) is 6.06. The summed E-state index contributed by atoms with van der Waals surface area (Å²) in [5, 5.41) is 2.97. The Morgan fingerprint density at radius 1 is 0.500 bits per heavy atom. The number of fused-ring (bicyclic) bond motifs is 5. The minimum absolute atomic E-state index is 0.0896. The van der Waals surface area contributed by atoms with Gasteiger partial charge < -0.3 is 0 Å². The van der Waals surface area contributed by atoms with E-state index in [1.54, 1.807) is 0 Å². The molecular weight excluding hydrogens is 839 g/mol. The zero-order valence-corrected chi connectivity index (χ0v) is 40.4. The summed E-state index contributed by atoms with van der Waals surface area (Å²) in [6, 6.07) is 43.9. The summed E-state index contributed by atoms with van der Waals surface area (Å²) in [4.78, 5) is 0. The molecule has 6 aromatic rings. The van der Waals surface area contributed by atoms with Crippen molar-refractivity contribution in [3.05, 3.63) is 171 Å². The Morgan fingerprint density at radius 3 is 1.47 bits per heavy atom. The Labute approximate surface area is 357 Å². The fraction of sp³-hybridized carbons (Fsp3) is 0.259. The summed E-state index contributed by atoms with van der Waals surface area (Å²) in [5.74, 6) is 0. The van der Waals surface area contributed by atoms with Gasteiger partial charge in [0.15, 0.2) is 0 Å². The van der Waals surface area contributed by atoms with E-state index in [0.717, 1.165) is 38.5 Å². The molecule has 0 bridgehead atoms. The van der Waals surface area contributed by atoms with Crippen LogP contribution >= 0.6 is 17.0 Å². The van der Waals surface area contributed by atoms with Crippen LogP contribution in [0.3, 0.4) is 0 Å². The van der Waals surface area contributed by atoms with Crippen molar-refractivity contribution >= 4 is 52.3 Å². The Morgan fingerprint density at radius 2 is 0.966 bits per heavy atom. The van der Waals surface area contributed by atoms with Gasteiger partial charge in [-0.3, -0.25) is 0 Å². The summed E-state index contributed by atoms with van der Waals surface area (Å²) < 4.78 is 1.11. The van der Waals surface area contributed by atoms with Crippen LogP contribution in [0.25, 0.3) is 45.5 Å². The predicted molar refractivity (Wildman–Crippen MR) is 254 cm³/mol. The standard InChI is InChI=1S/2C21H23.C12H9Si.2ClH.Zr/c2*1-4-8-17-11-12-18-13-15(3)14-20(18)21(17)19-10-7-6-9-16(19)5-2;1-3-7-11-9(5-1)10-6-2-4-8-12(10)13-11;;;/h2*6-7,9-14H,4-5,8H2,1-3H3;1-7H,13H2;2*1H;/q;;;;;+2/p-2. The molecule has 2 unspecified atom stereocenters. The number of allylic oxidation sites excluding steroid dienone is 2. The molecule has 0 spiro atoms. The van der Waals surface area contributed by atoms with Crippen molar-refractivity contribution in [1.29, 1.82) is 0 Å². The van der Waals surface area contributed by atoms with E-state index in [1.807, 2.05) is 0 Å². The number of aryl methyl sites for hydroxylation is 4. The zero-order valence-electron chi connectivity index (χ0n) is 35.0. The summed E-state index contributed by atoms with van der Waals surface area (Å²) in [5.41, 5.74) is 21.7. The minimum atomic E-state index is -5.55. The molecule has 2 aliphatic carbocycles. The Hall–Kier alpha value is -3.52. The molecule has 293 valence electrons. The van der Waals surface area contributed by atoms with Gasteiger partial charge in [0.05, 0.1) is 0 Å². The molecule has 9 rings (SSSR count). The topological polar surface area (TPSA) is 0 Å². The van der Waals surface area contributed by atoms with E-state index in [4.69, 9.17) is 0 Å². The zero-order chi connectivity index (χ0) is 40.4. The van der Waals surface area contributed by atoms with Crippen LogP contribution in [-0.4, -0.2) is 9.52 Å². The molecule has 0 fully saturated rings. The van der Waals surface area contributed by atoms with Gasteiger partial charge >= 0.3 is 360 Å². The molecule has 0 saturated carbocycles. The molecule has 4 heteroatoms. The average molecular weight is 894 g/mol. The van der Waals surface area contributed by atoms with Gasteiger partial charge in [0.25, 0.3) is 0 Å². The SMILES string of the molecule is CCCc1ccc2c(c1-c1ccccc1CC)C=C(C)[CH]2[Zr]([Cl])([Cl])([c]1cccc2c1[SiH2]c1ccccc1-2)[CH]1C(C)=Cc2c1ccc(CCC)c2-c1ccccc1CC. The van der Waals surface area contributed by atoms with Crippen LogP contribution in [0.2, 0.25) is 0 Å². The molecule has 2 atom stereocenters. The van der Waals surface area contributed by atoms with Crippen molar-refractivity contribution in [2.45, 2.75) is 87.3 Å². The van der Waals surface area contributed by atoms with Crippen molar-refractivity contribution < 1.29 is 16.4 Å². The van der Waals surface area contributed by atoms with Crippen molar-refractivity contribution in [1.82, 2.24) is 0 Å². The van der Waals surface area contributed by atoms with Gasteiger partial charge in [-0.1, -0.05) is 0 Å². The van der Waals surface area contributed by atoms with Crippen LogP contribution < -0.4 is 13.6 Å². The first-order valence-electron chi connectivity index (χ1n) is 21.8. The number of rotatable bonds is 11. The fourth-order valence-electron chi connectivity index (χ4n) is 11.5. The number of halogens is 2. The van der Waals surface area contributed by atoms with E-state index >= 15 is 0 Å². The summed E-state index contributed by atoms with van der Waals surface area (Å²) >= 11 is -5.55. The van der Waals surface area contributed by atoms with Crippen LogP contribution in [0.1, 0.15) is 106 Å². The van der Waals surface area contributed by atoms with Gasteiger partial charge in [-0.15, -0.1) is 0 Å². The van der Waals surface area contributed by atoms with E-state index in [0.29, 0.717) is 0 Å². The van der Waals surface area contributed by atoms with Crippen LogP contribution in [0.4, 0.5) is 0 Å². The normalized spacial score (nSPS) is 17.6. The molecule has 0 nitrogen and oxygen atoms in total. The van der Waals surface area contributed by atoms with Crippen LogP contribution in [0.15, 0.2) is 126 Å². The van der Waals surface area contributed by atoms with Crippen molar-refractivity contribution in [3.63, 3.8) is 0 Å². The Kier molecular flexibility index (Phi) is 10.7. The monoisotopic (exact) mass is 891 g/mol.